The van der Waals surface area contributed by atoms with Crippen LogP contribution in [-0.2, 0) is 9.59 Å². The summed E-state index contributed by atoms with van der Waals surface area (Å²) in [6.45, 7) is 7.48. The van der Waals surface area contributed by atoms with Crippen molar-refractivity contribution in [2.24, 2.45) is 0 Å². The van der Waals surface area contributed by atoms with E-state index in [9.17, 15) is 19.5 Å². The molecule has 0 bridgehead atoms. The minimum Gasteiger partial charge on any atom is -0.550 e. The van der Waals surface area contributed by atoms with Crippen molar-refractivity contribution in [2.45, 2.75) is 59.5 Å². The molecule has 0 aliphatic rings. The van der Waals surface area contributed by atoms with E-state index >= 15 is 0 Å². The third kappa shape index (κ3) is 5.12. The van der Waals surface area contributed by atoms with E-state index in [0.717, 1.165) is 10.9 Å². The number of carbonyl (C=O) groups is 2. The van der Waals surface area contributed by atoms with Gasteiger partial charge in [-0.05, 0) is 64.7 Å². The zero-order chi connectivity index (χ0) is 20.8. The second kappa shape index (κ2) is 9.39. The highest BCUT2D eigenvalue weighted by atomic mass is 16.5. The molecule has 1 heterocycles. The maximum absolute atomic E-state index is 12.2. The van der Waals surface area contributed by atoms with E-state index in [4.69, 9.17) is 9.15 Å². The molecular weight excluding hydrogens is 362 g/mol. The molecular formula is C21H26NO6-. The molecule has 0 unspecified atom stereocenters. The van der Waals surface area contributed by atoms with Gasteiger partial charge in [0.1, 0.15) is 11.3 Å². The summed E-state index contributed by atoms with van der Waals surface area (Å²) in [5, 5.41) is 14.0. The average molecular weight is 388 g/mol. The molecule has 0 aliphatic carbocycles. The van der Waals surface area contributed by atoms with Crippen molar-refractivity contribution >= 4 is 22.8 Å². The molecule has 1 aromatic heterocycles. The predicted octanol–water partition coefficient (Wildman–Crippen LogP) is 1.91. The molecule has 0 radical (unpaired) electrons. The number of hydrogen-bond acceptors (Lipinski definition) is 6. The van der Waals surface area contributed by atoms with Crippen molar-refractivity contribution in [1.29, 1.82) is 0 Å². The molecule has 2 aromatic rings. The number of fused-ring (bicyclic) bond motifs is 1. The molecule has 1 N–H and O–H groups in total. The lowest BCUT2D eigenvalue weighted by molar-refractivity contribution is -0.305. The fourth-order valence-corrected chi connectivity index (χ4v) is 2.92. The van der Waals surface area contributed by atoms with E-state index in [1.807, 2.05) is 13.0 Å². The van der Waals surface area contributed by atoms with Crippen LogP contribution < -0.4 is 20.8 Å². The lowest BCUT2D eigenvalue weighted by Gasteiger charge is -2.17. The predicted molar refractivity (Wildman–Crippen MR) is 103 cm³/mol. The Morgan fingerprint density at radius 3 is 2.50 bits per heavy atom. The van der Waals surface area contributed by atoms with Gasteiger partial charge in [-0.2, -0.15) is 0 Å². The standard InChI is InChI=1S/C21H27NO6/c1-12-13(2)21(26)28-19-14(3)17(10-9-16(12)19)27-15(4)20(25)22-11-7-5-6-8-18(23)24/h9-10,15H,5-8,11H2,1-4H3,(H,22,25)(H,23,24)/p-1/t15-/m1/s1. The number of aliphatic carboxylic acids is 1. The number of amides is 1. The van der Waals surface area contributed by atoms with Crippen LogP contribution in [0.25, 0.3) is 11.0 Å². The summed E-state index contributed by atoms with van der Waals surface area (Å²) in [6.07, 6.45) is 1.22. The largest absolute Gasteiger partial charge is 0.550 e. The van der Waals surface area contributed by atoms with E-state index in [2.05, 4.69) is 5.32 Å². The van der Waals surface area contributed by atoms with Crippen molar-refractivity contribution in [1.82, 2.24) is 5.32 Å². The molecule has 28 heavy (non-hydrogen) atoms. The summed E-state index contributed by atoms with van der Waals surface area (Å²) in [5.41, 5.74) is 2.19. The van der Waals surface area contributed by atoms with Gasteiger partial charge in [0.2, 0.25) is 0 Å². The second-order valence-electron chi connectivity index (χ2n) is 6.94. The van der Waals surface area contributed by atoms with E-state index < -0.39 is 12.1 Å². The number of carboxylic acid groups (broad SMARTS) is 1. The summed E-state index contributed by atoms with van der Waals surface area (Å²) < 4.78 is 11.2. The first-order valence-corrected chi connectivity index (χ1v) is 9.40. The van der Waals surface area contributed by atoms with Crippen LogP contribution in [-0.4, -0.2) is 24.5 Å². The first-order valence-electron chi connectivity index (χ1n) is 9.40. The normalized spacial score (nSPS) is 12.0. The van der Waals surface area contributed by atoms with Crippen molar-refractivity contribution in [3.8, 4) is 5.75 Å². The number of carboxylic acids is 1. The summed E-state index contributed by atoms with van der Waals surface area (Å²) >= 11 is 0. The van der Waals surface area contributed by atoms with E-state index in [1.165, 1.54) is 0 Å². The third-order valence-corrected chi connectivity index (χ3v) is 4.85. The number of unbranched alkanes of at least 4 members (excludes halogenated alkanes) is 2. The molecule has 2 rings (SSSR count). The van der Waals surface area contributed by atoms with Gasteiger partial charge in [-0.3, -0.25) is 4.79 Å². The molecule has 152 valence electrons. The van der Waals surface area contributed by atoms with Crippen LogP contribution in [0.1, 0.15) is 49.3 Å². The Morgan fingerprint density at radius 1 is 1.11 bits per heavy atom. The van der Waals surface area contributed by atoms with Gasteiger partial charge in [-0.15, -0.1) is 0 Å². The number of benzene rings is 1. The molecule has 0 aliphatic heterocycles. The molecule has 0 fully saturated rings. The van der Waals surface area contributed by atoms with Crippen LogP contribution in [0.2, 0.25) is 0 Å². The Kier molecular flexibility index (Phi) is 7.20. The van der Waals surface area contributed by atoms with Crippen LogP contribution in [0.5, 0.6) is 5.75 Å². The number of ether oxygens (including phenoxy) is 1. The first kappa shape index (κ1) is 21.5. The van der Waals surface area contributed by atoms with Crippen LogP contribution in [0.15, 0.2) is 21.3 Å². The maximum atomic E-state index is 12.2. The molecule has 0 saturated heterocycles. The van der Waals surface area contributed by atoms with Crippen molar-refractivity contribution in [3.05, 3.63) is 39.2 Å². The molecule has 1 amide bonds. The van der Waals surface area contributed by atoms with E-state index in [1.54, 1.807) is 26.8 Å². The quantitative estimate of drug-likeness (QED) is 0.519. The van der Waals surface area contributed by atoms with Gasteiger partial charge in [-0.25, -0.2) is 4.79 Å². The molecule has 7 nitrogen and oxygen atoms in total. The van der Waals surface area contributed by atoms with Crippen LogP contribution in [0.4, 0.5) is 0 Å². The Labute approximate surface area is 163 Å². The highest BCUT2D eigenvalue weighted by molar-refractivity contribution is 5.86. The number of rotatable bonds is 9. The smallest absolute Gasteiger partial charge is 0.339 e. The monoisotopic (exact) mass is 388 g/mol. The first-order chi connectivity index (χ1) is 13.2. The van der Waals surface area contributed by atoms with E-state index in [-0.39, 0.29) is 18.0 Å². The number of aryl methyl sites for hydroxylation is 2. The summed E-state index contributed by atoms with van der Waals surface area (Å²) in [4.78, 5) is 34.5. The summed E-state index contributed by atoms with van der Waals surface area (Å²) in [6, 6.07) is 3.60. The Hall–Kier alpha value is -2.83. The second-order valence-corrected chi connectivity index (χ2v) is 6.94. The fourth-order valence-electron chi connectivity index (χ4n) is 2.92. The van der Waals surface area contributed by atoms with Crippen LogP contribution in [0.3, 0.4) is 0 Å². The topological polar surface area (TPSA) is 109 Å². The molecule has 7 heteroatoms. The summed E-state index contributed by atoms with van der Waals surface area (Å²) in [7, 11) is 0. The fraction of sp³-hybridized carbons (Fsp3) is 0.476. The minimum absolute atomic E-state index is 0.0316. The third-order valence-electron chi connectivity index (χ3n) is 4.85. The van der Waals surface area contributed by atoms with Gasteiger partial charge in [-0.1, -0.05) is 6.42 Å². The molecule has 0 spiro atoms. The van der Waals surface area contributed by atoms with Crippen molar-refractivity contribution in [3.63, 3.8) is 0 Å². The molecule has 1 aromatic carbocycles. The molecule has 1 atom stereocenters. The van der Waals surface area contributed by atoms with Gasteiger partial charge in [0.15, 0.2) is 6.10 Å². The number of carbonyl (C=O) groups excluding carboxylic acids is 2. The van der Waals surface area contributed by atoms with Gasteiger partial charge in [0, 0.05) is 29.0 Å². The van der Waals surface area contributed by atoms with E-state index in [0.29, 0.717) is 48.3 Å². The SMILES string of the molecule is Cc1c(C)c2ccc(O[C@H](C)C(=O)NCCCCCC(=O)[O-])c(C)c2oc1=O. The Balaban J connectivity index is 1.99. The van der Waals surface area contributed by atoms with Crippen molar-refractivity contribution in [2.75, 3.05) is 6.54 Å². The Bertz CT molecular complexity index is 931. The van der Waals surface area contributed by atoms with Crippen LogP contribution in [0, 0.1) is 20.8 Å². The number of nitrogens with one attached hydrogen (secondary N) is 1. The van der Waals surface area contributed by atoms with Gasteiger partial charge < -0.3 is 24.4 Å². The average Bonchev–Trinajstić information content (AvgIpc) is 2.65. The minimum atomic E-state index is -1.06. The highest BCUT2D eigenvalue weighted by Gasteiger charge is 2.18. The number of hydrogen-bond donors (Lipinski definition) is 1. The van der Waals surface area contributed by atoms with Gasteiger partial charge in [0.05, 0.1) is 0 Å². The lowest BCUT2D eigenvalue weighted by Crippen LogP contribution is -2.37. The highest BCUT2D eigenvalue weighted by Crippen LogP contribution is 2.29. The molecule has 0 saturated carbocycles. The zero-order valence-corrected chi connectivity index (χ0v) is 16.7. The summed E-state index contributed by atoms with van der Waals surface area (Å²) in [5.74, 6) is -0.838. The van der Waals surface area contributed by atoms with Gasteiger partial charge >= 0.3 is 5.63 Å². The van der Waals surface area contributed by atoms with Crippen LogP contribution >= 0.6 is 0 Å². The Morgan fingerprint density at radius 2 is 1.82 bits per heavy atom. The lowest BCUT2D eigenvalue weighted by atomic mass is 10.0. The maximum Gasteiger partial charge on any atom is 0.339 e. The zero-order valence-electron chi connectivity index (χ0n) is 16.7. The van der Waals surface area contributed by atoms with Gasteiger partial charge in [0.25, 0.3) is 5.91 Å². The van der Waals surface area contributed by atoms with Crippen molar-refractivity contribution < 1.29 is 23.8 Å².